The lowest BCUT2D eigenvalue weighted by Gasteiger charge is -1.98. The molecule has 13 heavy (non-hydrogen) atoms. The van der Waals surface area contributed by atoms with Crippen molar-refractivity contribution in [2.24, 2.45) is 10.7 Å². The topological polar surface area (TPSA) is 71.5 Å². The molecular weight excluding hydrogens is 166 g/mol. The number of rotatable bonds is 2. The van der Waals surface area contributed by atoms with Gasteiger partial charge >= 0.3 is 0 Å². The summed E-state index contributed by atoms with van der Waals surface area (Å²) in [6.07, 6.45) is 1.53. The van der Waals surface area contributed by atoms with Crippen LogP contribution in [0.25, 0.3) is 0 Å². The number of ether oxygens (including phenoxy) is 1. The summed E-state index contributed by atoms with van der Waals surface area (Å²) < 4.78 is 4.98. The molecule has 68 valence electrons. The van der Waals surface area contributed by atoms with E-state index >= 15 is 0 Å². The highest BCUT2D eigenvalue weighted by atomic mass is 16.5. The maximum absolute atomic E-state index is 6.88. The van der Waals surface area contributed by atoms with Crippen LogP contribution in [-0.4, -0.2) is 19.3 Å². The number of nitrogens with two attached hydrogens (primary N) is 1. The van der Waals surface area contributed by atoms with Crippen molar-refractivity contribution in [1.82, 2.24) is 0 Å². The van der Waals surface area contributed by atoms with E-state index in [1.165, 1.54) is 6.21 Å². The van der Waals surface area contributed by atoms with Crippen molar-refractivity contribution in [2.75, 3.05) is 7.11 Å². The predicted octanol–water partition coefficient (Wildman–Crippen LogP) is 1.01. The Morgan fingerprint density at radius 3 is 2.54 bits per heavy atom. The average molecular weight is 177 g/mol. The molecule has 0 bridgehead atoms. The maximum Gasteiger partial charge on any atom is 0.212 e. The predicted molar refractivity (Wildman–Crippen MR) is 52.5 cm³/mol. The third kappa shape index (κ3) is 2.94. The van der Waals surface area contributed by atoms with E-state index in [4.69, 9.17) is 15.9 Å². The lowest BCUT2D eigenvalue weighted by molar-refractivity contribution is 0.415. The van der Waals surface area contributed by atoms with Crippen LogP contribution in [0.15, 0.2) is 29.3 Å². The molecule has 0 fully saturated rings. The van der Waals surface area contributed by atoms with Crippen molar-refractivity contribution in [1.29, 1.82) is 5.41 Å². The van der Waals surface area contributed by atoms with Gasteiger partial charge in [0, 0.05) is 6.21 Å². The summed E-state index contributed by atoms with van der Waals surface area (Å²) in [6, 6.07) is 7.32. The SMILES string of the molecule is COc1ccc(/C=N/C(=N)N)cc1. The Morgan fingerprint density at radius 1 is 1.46 bits per heavy atom. The van der Waals surface area contributed by atoms with Gasteiger partial charge < -0.3 is 10.5 Å². The fourth-order valence-corrected chi connectivity index (χ4v) is 0.834. The molecule has 0 aromatic heterocycles. The number of benzene rings is 1. The van der Waals surface area contributed by atoms with Gasteiger partial charge in [0.15, 0.2) is 0 Å². The number of nitrogens with one attached hydrogen (secondary N) is 1. The Labute approximate surface area is 76.6 Å². The van der Waals surface area contributed by atoms with Crippen molar-refractivity contribution in [2.45, 2.75) is 0 Å². The van der Waals surface area contributed by atoms with E-state index in [2.05, 4.69) is 4.99 Å². The van der Waals surface area contributed by atoms with Gasteiger partial charge in [-0.25, -0.2) is 4.99 Å². The molecule has 0 aliphatic rings. The minimum atomic E-state index is -0.198. The van der Waals surface area contributed by atoms with Gasteiger partial charge in [-0.05, 0) is 29.8 Å². The van der Waals surface area contributed by atoms with Gasteiger partial charge in [-0.1, -0.05) is 0 Å². The van der Waals surface area contributed by atoms with Crippen molar-refractivity contribution in [3.8, 4) is 5.75 Å². The normalized spacial score (nSPS) is 10.2. The maximum atomic E-state index is 6.88. The van der Waals surface area contributed by atoms with E-state index in [-0.39, 0.29) is 5.96 Å². The molecule has 0 saturated heterocycles. The summed E-state index contributed by atoms with van der Waals surface area (Å²) in [7, 11) is 1.61. The molecule has 0 radical (unpaired) electrons. The van der Waals surface area contributed by atoms with Crippen LogP contribution in [0.1, 0.15) is 5.56 Å². The first-order valence-corrected chi connectivity index (χ1v) is 3.74. The van der Waals surface area contributed by atoms with Gasteiger partial charge in [-0.15, -0.1) is 0 Å². The van der Waals surface area contributed by atoms with Crippen LogP contribution in [0.4, 0.5) is 0 Å². The fraction of sp³-hybridized carbons (Fsp3) is 0.111. The fourth-order valence-electron chi connectivity index (χ4n) is 0.834. The summed E-state index contributed by atoms with van der Waals surface area (Å²) in [6.45, 7) is 0. The highest BCUT2D eigenvalue weighted by molar-refractivity contribution is 5.91. The molecule has 0 saturated carbocycles. The molecule has 4 heteroatoms. The third-order valence-corrected chi connectivity index (χ3v) is 1.47. The molecule has 1 rings (SSSR count). The van der Waals surface area contributed by atoms with Crippen molar-refractivity contribution < 1.29 is 4.74 Å². The van der Waals surface area contributed by atoms with Gasteiger partial charge in [-0.3, -0.25) is 5.41 Å². The molecule has 0 spiro atoms. The second-order valence-electron chi connectivity index (χ2n) is 2.42. The Morgan fingerprint density at radius 2 is 2.08 bits per heavy atom. The Balaban J connectivity index is 2.75. The van der Waals surface area contributed by atoms with E-state index in [1.54, 1.807) is 7.11 Å². The largest absolute Gasteiger partial charge is 0.497 e. The lowest BCUT2D eigenvalue weighted by Crippen LogP contribution is -2.05. The summed E-state index contributed by atoms with van der Waals surface area (Å²) in [5.41, 5.74) is 5.94. The van der Waals surface area contributed by atoms with Crippen LogP contribution >= 0.6 is 0 Å². The van der Waals surface area contributed by atoms with Crippen molar-refractivity contribution in [3.05, 3.63) is 29.8 Å². The first-order valence-electron chi connectivity index (χ1n) is 3.74. The monoisotopic (exact) mass is 177 g/mol. The molecule has 1 aromatic rings. The van der Waals surface area contributed by atoms with Gasteiger partial charge in [0.05, 0.1) is 7.11 Å². The van der Waals surface area contributed by atoms with Crippen LogP contribution < -0.4 is 10.5 Å². The first kappa shape index (κ1) is 9.25. The molecule has 0 aliphatic heterocycles. The average Bonchev–Trinajstić information content (AvgIpc) is 2.15. The Kier molecular flexibility index (Phi) is 3.03. The number of hydrogen-bond acceptors (Lipinski definition) is 2. The van der Waals surface area contributed by atoms with E-state index in [9.17, 15) is 0 Å². The summed E-state index contributed by atoms with van der Waals surface area (Å²) >= 11 is 0. The second kappa shape index (κ2) is 4.25. The zero-order valence-corrected chi connectivity index (χ0v) is 7.32. The molecule has 0 unspecified atom stereocenters. The summed E-state index contributed by atoms with van der Waals surface area (Å²) in [4.78, 5) is 3.65. The molecule has 4 nitrogen and oxygen atoms in total. The minimum absolute atomic E-state index is 0.198. The van der Waals surface area contributed by atoms with E-state index in [1.807, 2.05) is 24.3 Å². The highest BCUT2D eigenvalue weighted by Gasteiger charge is 1.90. The number of guanidine groups is 1. The van der Waals surface area contributed by atoms with Crippen LogP contribution in [0.5, 0.6) is 5.75 Å². The summed E-state index contributed by atoms with van der Waals surface area (Å²) in [5.74, 6) is 0.593. The molecule has 0 atom stereocenters. The summed E-state index contributed by atoms with van der Waals surface area (Å²) in [5, 5.41) is 6.88. The lowest BCUT2D eigenvalue weighted by atomic mass is 10.2. The Hall–Kier alpha value is -1.84. The van der Waals surface area contributed by atoms with E-state index < -0.39 is 0 Å². The third-order valence-electron chi connectivity index (χ3n) is 1.47. The molecule has 1 aromatic carbocycles. The first-order chi connectivity index (χ1) is 6.22. The van der Waals surface area contributed by atoms with Crippen molar-refractivity contribution in [3.63, 3.8) is 0 Å². The van der Waals surface area contributed by atoms with Gasteiger partial charge in [0.2, 0.25) is 5.96 Å². The minimum Gasteiger partial charge on any atom is -0.497 e. The molecule has 0 heterocycles. The van der Waals surface area contributed by atoms with Crippen LogP contribution in [-0.2, 0) is 0 Å². The molecule has 3 N–H and O–H groups in total. The quantitative estimate of drug-likeness (QED) is 0.522. The van der Waals surface area contributed by atoms with Crippen LogP contribution in [0.3, 0.4) is 0 Å². The number of aliphatic imine (C=N–C) groups is 1. The number of methoxy groups -OCH3 is 1. The molecule has 0 aliphatic carbocycles. The standard InChI is InChI=1S/C9H11N3O/c1-13-8-4-2-7(3-5-8)6-12-9(10)11/h2-6H,1H3,(H3,10,11)/b12-6+. The number of nitrogens with zero attached hydrogens (tertiary/aromatic N) is 1. The zero-order valence-electron chi connectivity index (χ0n) is 7.32. The van der Waals surface area contributed by atoms with Crippen LogP contribution in [0.2, 0.25) is 0 Å². The van der Waals surface area contributed by atoms with Gasteiger partial charge in [-0.2, -0.15) is 0 Å². The van der Waals surface area contributed by atoms with Crippen molar-refractivity contribution >= 4 is 12.2 Å². The second-order valence-corrected chi connectivity index (χ2v) is 2.42. The Bertz CT molecular complexity index is 316. The number of hydrogen-bond donors (Lipinski definition) is 2. The van der Waals surface area contributed by atoms with Gasteiger partial charge in [0.25, 0.3) is 0 Å². The zero-order chi connectivity index (χ0) is 9.68. The van der Waals surface area contributed by atoms with Crippen LogP contribution in [0, 0.1) is 5.41 Å². The van der Waals surface area contributed by atoms with E-state index in [0.717, 1.165) is 11.3 Å². The molecular formula is C9H11N3O. The highest BCUT2D eigenvalue weighted by Crippen LogP contribution is 2.09. The smallest absolute Gasteiger partial charge is 0.212 e. The van der Waals surface area contributed by atoms with E-state index in [0.29, 0.717) is 0 Å². The van der Waals surface area contributed by atoms with Gasteiger partial charge in [0.1, 0.15) is 5.75 Å². The molecule has 0 amide bonds.